The molecule has 1 amide bonds. The van der Waals surface area contributed by atoms with E-state index in [-0.39, 0.29) is 18.0 Å². The molecule has 4 nitrogen and oxygen atoms in total. The van der Waals surface area contributed by atoms with Crippen molar-refractivity contribution in [1.29, 1.82) is 5.26 Å². The molecule has 1 N–H and O–H groups in total. The number of amides is 1. The second-order valence-corrected chi connectivity index (χ2v) is 3.59. The zero-order chi connectivity index (χ0) is 11.1. The first-order valence-corrected chi connectivity index (χ1v) is 4.94. The molecule has 0 saturated carbocycles. The maximum atomic E-state index is 11.4. The van der Waals surface area contributed by atoms with Crippen LogP contribution in [-0.4, -0.2) is 36.0 Å². The van der Waals surface area contributed by atoms with Crippen LogP contribution in [-0.2, 0) is 4.79 Å². The molecule has 80 valence electrons. The van der Waals surface area contributed by atoms with E-state index in [1.165, 1.54) is 0 Å². The summed E-state index contributed by atoms with van der Waals surface area (Å²) in [5.74, 6) is -0.0241. The van der Waals surface area contributed by atoms with Gasteiger partial charge in [0, 0.05) is 6.04 Å². The highest BCUT2D eigenvalue weighted by atomic mass is 16.2. The molecule has 0 fully saturated rings. The van der Waals surface area contributed by atoms with E-state index in [1.807, 2.05) is 25.7 Å². The van der Waals surface area contributed by atoms with E-state index in [0.717, 1.165) is 0 Å². The smallest absolute Gasteiger partial charge is 0.234 e. The third-order valence-electron chi connectivity index (χ3n) is 1.94. The zero-order valence-corrected chi connectivity index (χ0v) is 9.37. The molecule has 0 aromatic carbocycles. The van der Waals surface area contributed by atoms with Gasteiger partial charge in [0.1, 0.15) is 0 Å². The van der Waals surface area contributed by atoms with Gasteiger partial charge in [0.15, 0.2) is 0 Å². The van der Waals surface area contributed by atoms with Gasteiger partial charge < -0.3 is 5.32 Å². The second kappa shape index (κ2) is 6.39. The van der Waals surface area contributed by atoms with Crippen molar-refractivity contribution in [2.75, 3.05) is 13.1 Å². The van der Waals surface area contributed by atoms with E-state index in [0.29, 0.717) is 13.1 Å². The predicted molar refractivity (Wildman–Crippen MR) is 55.6 cm³/mol. The topological polar surface area (TPSA) is 56.1 Å². The summed E-state index contributed by atoms with van der Waals surface area (Å²) in [5, 5.41) is 11.5. The Morgan fingerprint density at radius 1 is 1.50 bits per heavy atom. The summed E-state index contributed by atoms with van der Waals surface area (Å²) in [7, 11) is 0. The SMILES string of the molecule is CCN(CC(=O)NC(C)C)C(C)C#N. The second-order valence-electron chi connectivity index (χ2n) is 3.59. The molecule has 0 aliphatic carbocycles. The Balaban J connectivity index is 4.06. The van der Waals surface area contributed by atoms with Gasteiger partial charge in [-0.05, 0) is 27.3 Å². The molecule has 0 heterocycles. The van der Waals surface area contributed by atoms with Crippen molar-refractivity contribution >= 4 is 5.91 Å². The zero-order valence-electron chi connectivity index (χ0n) is 9.37. The standard InChI is InChI=1S/C10H19N3O/c1-5-13(9(4)6-11)7-10(14)12-8(2)3/h8-9H,5,7H2,1-4H3,(H,12,14). The highest BCUT2D eigenvalue weighted by molar-refractivity contribution is 5.78. The third-order valence-corrected chi connectivity index (χ3v) is 1.94. The lowest BCUT2D eigenvalue weighted by molar-refractivity contribution is -0.122. The summed E-state index contributed by atoms with van der Waals surface area (Å²) >= 11 is 0. The number of nitrogens with zero attached hydrogens (tertiary/aromatic N) is 2. The molecule has 0 aliphatic heterocycles. The Hall–Kier alpha value is -1.08. The van der Waals surface area contributed by atoms with Crippen LogP contribution >= 0.6 is 0 Å². The van der Waals surface area contributed by atoms with E-state index >= 15 is 0 Å². The van der Waals surface area contributed by atoms with Crippen LogP contribution in [0.25, 0.3) is 0 Å². The summed E-state index contributed by atoms with van der Waals surface area (Å²) in [4.78, 5) is 13.2. The van der Waals surface area contributed by atoms with Gasteiger partial charge in [0.25, 0.3) is 0 Å². The first kappa shape index (κ1) is 12.9. The lowest BCUT2D eigenvalue weighted by Gasteiger charge is -2.22. The van der Waals surface area contributed by atoms with Crippen molar-refractivity contribution in [3.8, 4) is 6.07 Å². The van der Waals surface area contributed by atoms with Gasteiger partial charge in [-0.2, -0.15) is 5.26 Å². The van der Waals surface area contributed by atoms with E-state index in [2.05, 4.69) is 11.4 Å². The van der Waals surface area contributed by atoms with Crippen LogP contribution < -0.4 is 5.32 Å². The minimum absolute atomic E-state index is 0.0241. The summed E-state index contributed by atoms with van der Waals surface area (Å²) in [6.07, 6.45) is 0. The molecule has 0 aromatic rings. The van der Waals surface area contributed by atoms with Crippen LogP contribution in [0, 0.1) is 11.3 Å². The van der Waals surface area contributed by atoms with Crippen molar-refractivity contribution in [2.24, 2.45) is 0 Å². The summed E-state index contributed by atoms with van der Waals surface area (Å²) < 4.78 is 0. The monoisotopic (exact) mass is 197 g/mol. The van der Waals surface area contributed by atoms with E-state index in [9.17, 15) is 4.79 Å². The van der Waals surface area contributed by atoms with Gasteiger partial charge in [-0.3, -0.25) is 9.69 Å². The lowest BCUT2D eigenvalue weighted by Crippen LogP contribution is -2.43. The highest BCUT2D eigenvalue weighted by Gasteiger charge is 2.14. The molecule has 0 saturated heterocycles. The average Bonchev–Trinajstić information content (AvgIpc) is 2.11. The minimum atomic E-state index is -0.210. The summed E-state index contributed by atoms with van der Waals surface area (Å²) in [5.41, 5.74) is 0. The van der Waals surface area contributed by atoms with Crippen LogP contribution in [0.5, 0.6) is 0 Å². The van der Waals surface area contributed by atoms with Gasteiger partial charge in [0.2, 0.25) is 5.91 Å². The molecular formula is C10H19N3O. The molecule has 0 bridgehead atoms. The normalized spacial score (nSPS) is 12.6. The van der Waals surface area contributed by atoms with Crippen LogP contribution in [0.1, 0.15) is 27.7 Å². The molecule has 1 atom stereocenters. The maximum Gasteiger partial charge on any atom is 0.234 e. The summed E-state index contributed by atoms with van der Waals surface area (Å²) in [6, 6.07) is 2.06. The quantitative estimate of drug-likeness (QED) is 0.707. The van der Waals surface area contributed by atoms with E-state index in [1.54, 1.807) is 6.92 Å². The van der Waals surface area contributed by atoms with Crippen molar-refractivity contribution in [3.05, 3.63) is 0 Å². The van der Waals surface area contributed by atoms with Crippen LogP contribution in [0.4, 0.5) is 0 Å². The van der Waals surface area contributed by atoms with Gasteiger partial charge in [0.05, 0.1) is 18.7 Å². The molecule has 14 heavy (non-hydrogen) atoms. The molecule has 0 aromatic heterocycles. The molecule has 0 radical (unpaired) electrons. The fraction of sp³-hybridized carbons (Fsp3) is 0.800. The van der Waals surface area contributed by atoms with Gasteiger partial charge in [-0.15, -0.1) is 0 Å². The van der Waals surface area contributed by atoms with Gasteiger partial charge in [-0.25, -0.2) is 0 Å². The van der Waals surface area contributed by atoms with E-state index < -0.39 is 0 Å². The number of hydrogen-bond donors (Lipinski definition) is 1. The van der Waals surface area contributed by atoms with Crippen LogP contribution in [0.2, 0.25) is 0 Å². The van der Waals surface area contributed by atoms with Crippen LogP contribution in [0.3, 0.4) is 0 Å². The largest absolute Gasteiger partial charge is 0.353 e. The average molecular weight is 197 g/mol. The van der Waals surface area contributed by atoms with Gasteiger partial charge >= 0.3 is 0 Å². The number of carbonyl (C=O) groups excluding carboxylic acids is 1. The molecular weight excluding hydrogens is 178 g/mol. The van der Waals surface area contributed by atoms with Crippen molar-refractivity contribution in [3.63, 3.8) is 0 Å². The molecule has 0 aliphatic rings. The van der Waals surface area contributed by atoms with Crippen molar-refractivity contribution in [2.45, 2.75) is 39.8 Å². The Labute approximate surface area is 85.9 Å². The van der Waals surface area contributed by atoms with E-state index in [4.69, 9.17) is 5.26 Å². The molecule has 0 spiro atoms. The lowest BCUT2D eigenvalue weighted by atomic mass is 10.3. The number of hydrogen-bond acceptors (Lipinski definition) is 3. The Morgan fingerprint density at radius 3 is 2.43 bits per heavy atom. The Morgan fingerprint density at radius 2 is 2.07 bits per heavy atom. The molecule has 4 heteroatoms. The third kappa shape index (κ3) is 4.83. The maximum absolute atomic E-state index is 11.4. The molecule has 1 unspecified atom stereocenters. The minimum Gasteiger partial charge on any atom is -0.353 e. The van der Waals surface area contributed by atoms with Crippen LogP contribution in [0.15, 0.2) is 0 Å². The fourth-order valence-corrected chi connectivity index (χ4v) is 1.16. The number of nitrogens with one attached hydrogen (secondary N) is 1. The first-order valence-electron chi connectivity index (χ1n) is 4.94. The highest BCUT2D eigenvalue weighted by Crippen LogP contribution is 1.96. The van der Waals surface area contributed by atoms with Gasteiger partial charge in [-0.1, -0.05) is 6.92 Å². The molecule has 0 rings (SSSR count). The Bertz CT molecular complexity index is 220. The fourth-order valence-electron chi connectivity index (χ4n) is 1.16. The number of likely N-dealkylation sites (N-methyl/N-ethyl adjacent to an activating group) is 1. The number of nitriles is 1. The van der Waals surface area contributed by atoms with Crippen molar-refractivity contribution in [1.82, 2.24) is 10.2 Å². The first-order chi connectivity index (χ1) is 6.51. The number of rotatable bonds is 5. The van der Waals surface area contributed by atoms with Crippen molar-refractivity contribution < 1.29 is 4.79 Å². The summed E-state index contributed by atoms with van der Waals surface area (Å²) in [6.45, 7) is 8.58. The Kier molecular flexibility index (Phi) is 5.89. The number of carbonyl (C=O) groups is 1. The predicted octanol–water partition coefficient (Wildman–Crippen LogP) is 0.745.